The molecule has 2 aliphatic heterocycles. The summed E-state index contributed by atoms with van der Waals surface area (Å²) in [5, 5.41) is 0. The number of nitrogens with one attached hydrogen (secondary N) is 1. The molecule has 1 aromatic carbocycles. The highest BCUT2D eigenvalue weighted by Gasteiger charge is 2.31. The lowest BCUT2D eigenvalue weighted by molar-refractivity contribution is 0.0927. The molecule has 1 fully saturated rings. The summed E-state index contributed by atoms with van der Waals surface area (Å²) in [7, 11) is 0. The normalized spacial score (nSPS) is 26.0. The summed E-state index contributed by atoms with van der Waals surface area (Å²) in [5.74, 6) is 0.836. The van der Waals surface area contributed by atoms with Crippen LogP contribution in [0, 0.1) is 5.92 Å². The second kappa shape index (κ2) is 5.10. The Labute approximate surface area is 120 Å². The van der Waals surface area contributed by atoms with Crippen LogP contribution in [0.25, 0.3) is 0 Å². The topological polar surface area (TPSA) is 19.0 Å². The van der Waals surface area contributed by atoms with E-state index in [2.05, 4.69) is 46.3 Å². The summed E-state index contributed by atoms with van der Waals surface area (Å²) in [5.41, 5.74) is 4.53. The molecule has 2 bridgehead atoms. The molecule has 2 atom stereocenters. The Balaban J connectivity index is 1.60. The predicted octanol–water partition coefficient (Wildman–Crippen LogP) is 3.39. The summed E-state index contributed by atoms with van der Waals surface area (Å²) in [6.45, 7) is 2.34. The first-order valence-corrected chi connectivity index (χ1v) is 7.81. The van der Waals surface area contributed by atoms with Crippen molar-refractivity contribution in [3.8, 4) is 0 Å². The number of hydrogen-bond acceptors (Lipinski definition) is 1. The van der Waals surface area contributed by atoms with Gasteiger partial charge in [-0.25, -0.2) is 0 Å². The molecule has 0 radical (unpaired) electrons. The minimum absolute atomic E-state index is 0.719. The number of aromatic amines is 1. The van der Waals surface area contributed by atoms with E-state index in [4.69, 9.17) is 0 Å². The van der Waals surface area contributed by atoms with Crippen molar-refractivity contribution in [2.75, 3.05) is 6.54 Å². The van der Waals surface area contributed by atoms with Gasteiger partial charge in [0.1, 0.15) is 0 Å². The maximum atomic E-state index is 3.36. The number of fused-ring (bicyclic) bond motifs is 2. The maximum absolute atomic E-state index is 3.36. The van der Waals surface area contributed by atoms with Crippen molar-refractivity contribution in [2.24, 2.45) is 5.92 Å². The van der Waals surface area contributed by atoms with Gasteiger partial charge in [0, 0.05) is 31.0 Å². The molecule has 20 heavy (non-hydrogen) atoms. The maximum Gasteiger partial charge on any atom is 0.0388 e. The fraction of sp³-hybridized carbons (Fsp3) is 0.444. The van der Waals surface area contributed by atoms with E-state index in [1.807, 2.05) is 6.20 Å². The predicted molar refractivity (Wildman–Crippen MR) is 81.6 cm³/mol. The summed E-state index contributed by atoms with van der Waals surface area (Å²) in [6, 6.07) is 14.1. The van der Waals surface area contributed by atoms with E-state index in [9.17, 15) is 0 Å². The average molecular weight is 266 g/mol. The monoisotopic (exact) mass is 266 g/mol. The molecule has 1 aromatic heterocycles. The van der Waals surface area contributed by atoms with Crippen molar-refractivity contribution in [1.82, 2.24) is 9.88 Å². The molecule has 0 spiro atoms. The second-order valence-electron chi connectivity index (χ2n) is 6.40. The summed E-state index contributed by atoms with van der Waals surface area (Å²) in [4.78, 5) is 6.06. The second-order valence-corrected chi connectivity index (χ2v) is 6.40. The van der Waals surface area contributed by atoms with Crippen LogP contribution < -0.4 is 0 Å². The van der Waals surface area contributed by atoms with Crippen molar-refractivity contribution in [1.29, 1.82) is 0 Å². The van der Waals surface area contributed by atoms with E-state index >= 15 is 0 Å². The molecule has 0 saturated carbocycles. The van der Waals surface area contributed by atoms with Crippen LogP contribution in [0.5, 0.6) is 0 Å². The molecule has 104 valence electrons. The molecule has 2 nitrogen and oxygen atoms in total. The zero-order valence-electron chi connectivity index (χ0n) is 11.9. The third kappa shape index (κ3) is 2.29. The number of aromatic nitrogens is 1. The summed E-state index contributed by atoms with van der Waals surface area (Å²) >= 11 is 0. The molecule has 3 heterocycles. The molecule has 1 saturated heterocycles. The molecule has 3 aliphatic rings. The smallest absolute Gasteiger partial charge is 0.0388 e. The van der Waals surface area contributed by atoms with E-state index in [1.165, 1.54) is 37.9 Å². The van der Waals surface area contributed by atoms with Gasteiger partial charge in [-0.05, 0) is 54.9 Å². The van der Waals surface area contributed by atoms with Crippen LogP contribution in [0.4, 0.5) is 0 Å². The lowest BCUT2D eigenvalue weighted by Crippen LogP contribution is -2.46. The van der Waals surface area contributed by atoms with Gasteiger partial charge in [0.15, 0.2) is 0 Å². The molecule has 0 unspecified atom stereocenters. The highest BCUT2D eigenvalue weighted by atomic mass is 15.2. The largest absolute Gasteiger partial charge is 0.364 e. The molecular weight excluding hydrogens is 244 g/mol. The molecular formula is C18H22N2. The van der Waals surface area contributed by atoms with Crippen LogP contribution in [0.3, 0.4) is 0 Å². The van der Waals surface area contributed by atoms with E-state index < -0.39 is 0 Å². The van der Waals surface area contributed by atoms with E-state index in [-0.39, 0.29) is 0 Å². The lowest BCUT2D eigenvalue weighted by atomic mass is 9.80. The van der Waals surface area contributed by atoms with Gasteiger partial charge in [-0.2, -0.15) is 0 Å². The third-order valence-electron chi connectivity index (χ3n) is 5.04. The average Bonchev–Trinajstić information content (AvgIpc) is 2.93. The van der Waals surface area contributed by atoms with Gasteiger partial charge in [0.05, 0.1) is 0 Å². The first kappa shape index (κ1) is 12.2. The molecule has 2 heteroatoms. The Morgan fingerprint density at radius 1 is 1.00 bits per heavy atom. The van der Waals surface area contributed by atoms with Crippen molar-refractivity contribution in [3.63, 3.8) is 0 Å². The van der Waals surface area contributed by atoms with Crippen LogP contribution in [-0.2, 0) is 19.4 Å². The van der Waals surface area contributed by atoms with Gasteiger partial charge in [0.25, 0.3) is 0 Å². The van der Waals surface area contributed by atoms with Gasteiger partial charge >= 0.3 is 0 Å². The molecule has 5 rings (SSSR count). The Kier molecular flexibility index (Phi) is 3.12. The van der Waals surface area contributed by atoms with Crippen LogP contribution >= 0.6 is 0 Å². The summed E-state index contributed by atoms with van der Waals surface area (Å²) in [6.07, 6.45) is 7.29. The molecule has 2 aromatic rings. The highest BCUT2D eigenvalue weighted by Crippen LogP contribution is 2.32. The Morgan fingerprint density at radius 2 is 1.85 bits per heavy atom. The van der Waals surface area contributed by atoms with Crippen molar-refractivity contribution in [3.05, 3.63) is 59.4 Å². The van der Waals surface area contributed by atoms with E-state index in [0.29, 0.717) is 0 Å². The Hall–Kier alpha value is -1.54. The van der Waals surface area contributed by atoms with Crippen LogP contribution in [-0.4, -0.2) is 22.5 Å². The Morgan fingerprint density at radius 3 is 2.65 bits per heavy atom. The number of nitrogens with zero attached hydrogens (tertiary/aromatic N) is 1. The fourth-order valence-corrected chi connectivity index (χ4v) is 3.98. The van der Waals surface area contributed by atoms with Crippen LogP contribution in [0.1, 0.15) is 29.7 Å². The fourth-order valence-electron chi connectivity index (χ4n) is 3.98. The summed E-state index contributed by atoms with van der Waals surface area (Å²) < 4.78 is 0. The van der Waals surface area contributed by atoms with E-state index in [1.54, 1.807) is 11.1 Å². The van der Waals surface area contributed by atoms with Crippen LogP contribution in [0.2, 0.25) is 0 Å². The number of benzene rings is 1. The number of H-pyrrole nitrogens is 1. The number of piperidine rings is 1. The van der Waals surface area contributed by atoms with Crippen LogP contribution in [0.15, 0.2) is 42.6 Å². The van der Waals surface area contributed by atoms with Gasteiger partial charge in [-0.1, -0.05) is 24.3 Å². The number of rotatable bonds is 2. The standard InChI is InChI=1S/C18H22N2/c1-2-5-16-11-18-8-7-14(10-15(16)4-1)12-20(18)13-17-6-3-9-19-17/h1-6,9,14,18-19H,7-8,10-13H2/t14-,18+/m1/s1. The quantitative estimate of drug-likeness (QED) is 0.882. The zero-order valence-corrected chi connectivity index (χ0v) is 11.9. The van der Waals surface area contributed by atoms with Crippen molar-refractivity contribution in [2.45, 2.75) is 38.3 Å². The van der Waals surface area contributed by atoms with Gasteiger partial charge in [-0.15, -0.1) is 0 Å². The van der Waals surface area contributed by atoms with Gasteiger partial charge < -0.3 is 4.98 Å². The van der Waals surface area contributed by atoms with E-state index in [0.717, 1.165) is 18.5 Å². The third-order valence-corrected chi connectivity index (χ3v) is 5.04. The van der Waals surface area contributed by atoms with Crippen molar-refractivity contribution < 1.29 is 0 Å². The van der Waals surface area contributed by atoms with Gasteiger partial charge in [0.2, 0.25) is 0 Å². The minimum Gasteiger partial charge on any atom is -0.364 e. The zero-order chi connectivity index (χ0) is 13.4. The highest BCUT2D eigenvalue weighted by molar-refractivity contribution is 5.30. The number of hydrogen-bond donors (Lipinski definition) is 1. The molecule has 1 N–H and O–H groups in total. The lowest BCUT2D eigenvalue weighted by Gasteiger charge is -2.42. The Bertz CT molecular complexity index is 573. The first-order valence-electron chi connectivity index (χ1n) is 7.81. The van der Waals surface area contributed by atoms with Crippen molar-refractivity contribution >= 4 is 0 Å². The molecule has 1 aliphatic carbocycles. The molecule has 0 amide bonds. The van der Waals surface area contributed by atoms with Gasteiger partial charge in [-0.3, -0.25) is 4.90 Å². The minimum atomic E-state index is 0.719. The first-order chi connectivity index (χ1) is 9.88. The SMILES string of the molecule is c1c[nH]c(CN2C[C@@H]3CC[C@H]2Cc2ccccc2C3)c1.